The van der Waals surface area contributed by atoms with Gasteiger partial charge < -0.3 is 5.32 Å². The Labute approximate surface area is 121 Å². The molecule has 0 atom stereocenters. The Morgan fingerprint density at radius 3 is 2.75 bits per heavy atom. The third-order valence-electron chi connectivity index (χ3n) is 3.53. The van der Waals surface area contributed by atoms with Gasteiger partial charge in [-0.3, -0.25) is 4.79 Å². The van der Waals surface area contributed by atoms with Crippen LogP contribution in [0.2, 0.25) is 5.02 Å². The minimum absolute atomic E-state index is 0.0435. The van der Waals surface area contributed by atoms with Crippen molar-refractivity contribution in [3.63, 3.8) is 0 Å². The molecule has 1 amide bonds. The highest BCUT2D eigenvalue weighted by Crippen LogP contribution is 2.25. The van der Waals surface area contributed by atoms with Crippen LogP contribution in [0.1, 0.15) is 27.9 Å². The molecule has 4 heteroatoms. The first-order valence-electron chi connectivity index (χ1n) is 6.52. The fraction of sp³-hybridized carbons (Fsp3) is 0.188. The van der Waals surface area contributed by atoms with Crippen LogP contribution in [0.3, 0.4) is 0 Å². The van der Waals surface area contributed by atoms with Crippen LogP contribution in [0.4, 0.5) is 10.1 Å². The Kier molecular flexibility index (Phi) is 3.45. The molecule has 0 aliphatic heterocycles. The Hall–Kier alpha value is -1.87. The second-order valence-corrected chi connectivity index (χ2v) is 5.35. The van der Waals surface area contributed by atoms with Crippen molar-refractivity contribution in [3.8, 4) is 0 Å². The molecule has 0 saturated carbocycles. The largest absolute Gasteiger partial charge is 0.322 e. The van der Waals surface area contributed by atoms with E-state index in [4.69, 9.17) is 11.6 Å². The van der Waals surface area contributed by atoms with Crippen molar-refractivity contribution in [1.82, 2.24) is 0 Å². The van der Waals surface area contributed by atoms with Crippen molar-refractivity contribution in [2.75, 3.05) is 5.32 Å². The molecule has 0 saturated heterocycles. The van der Waals surface area contributed by atoms with Gasteiger partial charge in [0.2, 0.25) is 0 Å². The monoisotopic (exact) mass is 289 g/mol. The minimum Gasteiger partial charge on any atom is -0.322 e. The van der Waals surface area contributed by atoms with E-state index in [0.717, 1.165) is 19.3 Å². The summed E-state index contributed by atoms with van der Waals surface area (Å²) in [6, 6.07) is 9.78. The molecule has 0 unspecified atom stereocenters. The summed E-state index contributed by atoms with van der Waals surface area (Å²) in [6.07, 6.45) is 3.27. The lowest BCUT2D eigenvalue weighted by molar-refractivity contribution is 0.102. The third-order valence-corrected chi connectivity index (χ3v) is 3.76. The van der Waals surface area contributed by atoms with Gasteiger partial charge in [-0.15, -0.1) is 0 Å². The smallest absolute Gasteiger partial charge is 0.258 e. The number of rotatable bonds is 2. The molecule has 0 aromatic heterocycles. The lowest BCUT2D eigenvalue weighted by Gasteiger charge is -2.08. The molecule has 0 fully saturated rings. The maximum absolute atomic E-state index is 13.6. The molecule has 0 spiro atoms. The molecule has 20 heavy (non-hydrogen) atoms. The van der Waals surface area contributed by atoms with Gasteiger partial charge in [0.1, 0.15) is 5.82 Å². The molecule has 2 aromatic carbocycles. The third kappa shape index (κ3) is 2.54. The Bertz CT molecular complexity index is 684. The van der Waals surface area contributed by atoms with Gasteiger partial charge in [0.15, 0.2) is 0 Å². The summed E-state index contributed by atoms with van der Waals surface area (Å²) in [5.74, 6) is -1.06. The molecule has 1 aliphatic rings. The van der Waals surface area contributed by atoms with E-state index in [-0.39, 0.29) is 5.56 Å². The van der Waals surface area contributed by atoms with Crippen LogP contribution in [0.15, 0.2) is 36.4 Å². The van der Waals surface area contributed by atoms with E-state index in [1.165, 1.54) is 29.3 Å². The van der Waals surface area contributed by atoms with E-state index >= 15 is 0 Å². The lowest BCUT2D eigenvalue weighted by Crippen LogP contribution is -2.14. The number of hydrogen-bond acceptors (Lipinski definition) is 1. The first kappa shape index (κ1) is 13.1. The molecule has 1 aliphatic carbocycles. The molecule has 1 N–H and O–H groups in total. The summed E-state index contributed by atoms with van der Waals surface area (Å²) in [5, 5.41) is 3.06. The second-order valence-electron chi connectivity index (χ2n) is 4.92. The van der Waals surface area contributed by atoms with Crippen LogP contribution in [-0.2, 0) is 12.8 Å². The van der Waals surface area contributed by atoms with Crippen molar-refractivity contribution in [2.24, 2.45) is 0 Å². The van der Waals surface area contributed by atoms with Gasteiger partial charge in [-0.2, -0.15) is 0 Å². The van der Waals surface area contributed by atoms with Crippen LogP contribution >= 0.6 is 11.6 Å². The molecular weight excluding hydrogens is 277 g/mol. The number of amides is 1. The van der Waals surface area contributed by atoms with Crippen LogP contribution in [0.25, 0.3) is 0 Å². The maximum atomic E-state index is 13.6. The van der Waals surface area contributed by atoms with Crippen molar-refractivity contribution < 1.29 is 9.18 Å². The first-order chi connectivity index (χ1) is 9.63. The van der Waals surface area contributed by atoms with Crippen molar-refractivity contribution in [1.29, 1.82) is 0 Å². The molecule has 0 radical (unpaired) electrons. The predicted octanol–water partition coefficient (Wildman–Crippen LogP) is 4.22. The number of benzene rings is 2. The molecule has 2 nitrogen and oxygen atoms in total. The number of nitrogens with one attached hydrogen (secondary N) is 1. The first-order valence-corrected chi connectivity index (χ1v) is 6.89. The number of carbonyl (C=O) groups excluding carboxylic acids is 1. The van der Waals surface area contributed by atoms with E-state index < -0.39 is 11.7 Å². The highest BCUT2D eigenvalue weighted by Gasteiger charge is 2.15. The Morgan fingerprint density at radius 1 is 1.10 bits per heavy atom. The summed E-state index contributed by atoms with van der Waals surface area (Å²) < 4.78 is 13.6. The summed E-state index contributed by atoms with van der Waals surface area (Å²) >= 11 is 5.79. The lowest BCUT2D eigenvalue weighted by atomic mass is 10.1. The van der Waals surface area contributed by atoms with E-state index in [2.05, 4.69) is 5.32 Å². The van der Waals surface area contributed by atoms with Gasteiger partial charge >= 0.3 is 0 Å². The van der Waals surface area contributed by atoms with Gasteiger partial charge in [0.25, 0.3) is 5.91 Å². The molecule has 102 valence electrons. The van der Waals surface area contributed by atoms with Crippen LogP contribution in [0, 0.1) is 5.82 Å². The van der Waals surface area contributed by atoms with Gasteiger partial charge in [-0.05, 0) is 60.7 Å². The number of halogens is 2. The predicted molar refractivity (Wildman–Crippen MR) is 77.8 cm³/mol. The van der Waals surface area contributed by atoms with Crippen LogP contribution in [-0.4, -0.2) is 5.91 Å². The zero-order chi connectivity index (χ0) is 14.1. The van der Waals surface area contributed by atoms with E-state index in [9.17, 15) is 9.18 Å². The zero-order valence-electron chi connectivity index (χ0n) is 10.7. The molecule has 0 heterocycles. The highest BCUT2D eigenvalue weighted by molar-refractivity contribution is 6.31. The van der Waals surface area contributed by atoms with E-state index in [0.29, 0.717) is 10.7 Å². The number of aryl methyl sites for hydroxylation is 2. The molecular formula is C16H13ClFNO. The summed E-state index contributed by atoms with van der Waals surface area (Å²) in [7, 11) is 0. The maximum Gasteiger partial charge on any atom is 0.258 e. The van der Waals surface area contributed by atoms with Crippen LogP contribution in [0.5, 0.6) is 0 Å². The number of fused-ring (bicyclic) bond motifs is 1. The Morgan fingerprint density at radius 2 is 1.90 bits per heavy atom. The topological polar surface area (TPSA) is 29.1 Å². The summed E-state index contributed by atoms with van der Waals surface area (Å²) in [5.41, 5.74) is 3.24. The Balaban J connectivity index is 1.84. The normalized spacial score (nSPS) is 13.1. The fourth-order valence-corrected chi connectivity index (χ4v) is 2.69. The quantitative estimate of drug-likeness (QED) is 0.881. The average Bonchev–Trinajstić information content (AvgIpc) is 2.89. The standard InChI is InChI=1S/C16H13ClFNO/c17-12-5-7-15(18)14(9-12)16(20)19-13-6-4-10-2-1-3-11(10)8-13/h4-9H,1-3H2,(H,19,20). The SMILES string of the molecule is O=C(Nc1ccc2c(c1)CCC2)c1cc(Cl)ccc1F. The zero-order valence-corrected chi connectivity index (χ0v) is 11.5. The highest BCUT2D eigenvalue weighted by atomic mass is 35.5. The van der Waals surface area contributed by atoms with Gasteiger partial charge in [0, 0.05) is 10.7 Å². The summed E-state index contributed by atoms with van der Waals surface area (Å²) in [4.78, 5) is 12.1. The molecule has 3 rings (SSSR count). The van der Waals surface area contributed by atoms with Crippen molar-refractivity contribution in [3.05, 3.63) is 63.9 Å². The second kappa shape index (κ2) is 5.25. The van der Waals surface area contributed by atoms with Gasteiger partial charge in [-0.1, -0.05) is 17.7 Å². The number of anilines is 1. The minimum atomic E-state index is -0.576. The van der Waals surface area contributed by atoms with Crippen molar-refractivity contribution >= 4 is 23.2 Å². The van der Waals surface area contributed by atoms with Crippen molar-refractivity contribution in [2.45, 2.75) is 19.3 Å². The number of carbonyl (C=O) groups is 1. The average molecular weight is 290 g/mol. The van der Waals surface area contributed by atoms with Gasteiger partial charge in [-0.25, -0.2) is 4.39 Å². The number of hydrogen-bond donors (Lipinski definition) is 1. The van der Waals surface area contributed by atoms with Gasteiger partial charge in [0.05, 0.1) is 5.56 Å². The van der Waals surface area contributed by atoms with E-state index in [1.807, 2.05) is 18.2 Å². The molecule has 2 aromatic rings. The fourth-order valence-electron chi connectivity index (χ4n) is 2.52. The summed E-state index contributed by atoms with van der Waals surface area (Å²) in [6.45, 7) is 0. The van der Waals surface area contributed by atoms with Crippen LogP contribution < -0.4 is 5.32 Å². The van der Waals surface area contributed by atoms with E-state index in [1.54, 1.807) is 0 Å². The molecule has 0 bridgehead atoms.